The van der Waals surface area contributed by atoms with E-state index in [1.54, 1.807) is 6.07 Å². The van der Waals surface area contributed by atoms with Gasteiger partial charge in [-0.2, -0.15) is 0 Å². The van der Waals surface area contributed by atoms with Crippen LogP contribution in [-0.2, 0) is 6.54 Å². The van der Waals surface area contributed by atoms with Gasteiger partial charge in [-0.15, -0.1) is 0 Å². The van der Waals surface area contributed by atoms with Crippen LogP contribution in [0.4, 0.5) is 4.39 Å². The molecule has 2 rings (SSSR count). The van der Waals surface area contributed by atoms with E-state index in [4.69, 9.17) is 23.2 Å². The standard InChI is InChI=1S/C15H14Cl2FN/c1-2-19-9-11-4-3-10(7-15(11)17)13-8-12(18)5-6-14(13)16/h3-8,19H,2,9H2,1H3. The molecule has 19 heavy (non-hydrogen) atoms. The van der Waals surface area contributed by atoms with Crippen molar-refractivity contribution >= 4 is 23.2 Å². The molecule has 0 atom stereocenters. The molecule has 2 aromatic rings. The van der Waals surface area contributed by atoms with Gasteiger partial charge in [0.15, 0.2) is 0 Å². The monoisotopic (exact) mass is 297 g/mol. The van der Waals surface area contributed by atoms with Gasteiger partial charge in [0.05, 0.1) is 0 Å². The summed E-state index contributed by atoms with van der Waals surface area (Å²) in [7, 11) is 0. The molecule has 100 valence electrons. The van der Waals surface area contributed by atoms with Gasteiger partial charge in [0, 0.05) is 22.2 Å². The highest BCUT2D eigenvalue weighted by molar-refractivity contribution is 6.34. The minimum absolute atomic E-state index is 0.313. The summed E-state index contributed by atoms with van der Waals surface area (Å²) in [5.41, 5.74) is 2.48. The fraction of sp³-hybridized carbons (Fsp3) is 0.200. The quantitative estimate of drug-likeness (QED) is 0.845. The predicted molar refractivity (Wildman–Crippen MR) is 79.2 cm³/mol. The number of nitrogens with one attached hydrogen (secondary N) is 1. The van der Waals surface area contributed by atoms with Crippen LogP contribution in [0.15, 0.2) is 36.4 Å². The average molecular weight is 298 g/mol. The van der Waals surface area contributed by atoms with Crippen molar-refractivity contribution in [3.05, 3.63) is 57.8 Å². The second-order valence-electron chi connectivity index (χ2n) is 4.21. The van der Waals surface area contributed by atoms with E-state index < -0.39 is 0 Å². The molecule has 0 heterocycles. The summed E-state index contributed by atoms with van der Waals surface area (Å²) in [6.07, 6.45) is 0. The zero-order valence-corrected chi connectivity index (χ0v) is 12.0. The van der Waals surface area contributed by atoms with Crippen molar-refractivity contribution in [2.24, 2.45) is 0 Å². The number of benzene rings is 2. The maximum atomic E-state index is 13.3. The van der Waals surface area contributed by atoms with Gasteiger partial charge in [0.2, 0.25) is 0 Å². The summed E-state index contributed by atoms with van der Waals surface area (Å²) in [5, 5.41) is 4.38. The van der Waals surface area contributed by atoms with Crippen LogP contribution in [0.1, 0.15) is 12.5 Å². The minimum Gasteiger partial charge on any atom is -0.313 e. The van der Waals surface area contributed by atoms with Crippen LogP contribution in [0.3, 0.4) is 0 Å². The molecule has 0 fully saturated rings. The van der Waals surface area contributed by atoms with Crippen LogP contribution in [0.5, 0.6) is 0 Å². The average Bonchev–Trinajstić information content (AvgIpc) is 2.40. The van der Waals surface area contributed by atoms with Crippen LogP contribution in [0.25, 0.3) is 11.1 Å². The molecule has 0 spiro atoms. The maximum Gasteiger partial charge on any atom is 0.123 e. The van der Waals surface area contributed by atoms with Crippen LogP contribution in [0.2, 0.25) is 10.0 Å². The van der Waals surface area contributed by atoms with Crippen molar-refractivity contribution in [3.8, 4) is 11.1 Å². The second-order valence-corrected chi connectivity index (χ2v) is 5.03. The fourth-order valence-electron chi connectivity index (χ4n) is 1.84. The Labute approximate surface area is 122 Å². The highest BCUT2D eigenvalue weighted by Crippen LogP contribution is 2.31. The lowest BCUT2D eigenvalue weighted by molar-refractivity contribution is 0.628. The Kier molecular flexibility index (Phi) is 4.81. The third-order valence-electron chi connectivity index (χ3n) is 2.86. The molecule has 0 saturated carbocycles. The van der Waals surface area contributed by atoms with Crippen LogP contribution < -0.4 is 5.32 Å². The van der Waals surface area contributed by atoms with E-state index in [0.29, 0.717) is 22.2 Å². The van der Waals surface area contributed by atoms with Crippen molar-refractivity contribution < 1.29 is 4.39 Å². The lowest BCUT2D eigenvalue weighted by atomic mass is 10.0. The molecule has 0 saturated heterocycles. The summed E-state index contributed by atoms with van der Waals surface area (Å²) in [6.45, 7) is 3.63. The van der Waals surface area contributed by atoms with Gasteiger partial charge in [0.25, 0.3) is 0 Å². The minimum atomic E-state index is -0.313. The van der Waals surface area contributed by atoms with Gasteiger partial charge in [-0.3, -0.25) is 0 Å². The summed E-state index contributed by atoms with van der Waals surface area (Å²) in [5.74, 6) is -0.313. The lowest BCUT2D eigenvalue weighted by Gasteiger charge is -2.09. The molecule has 4 heteroatoms. The summed E-state index contributed by atoms with van der Waals surface area (Å²) in [4.78, 5) is 0. The molecular weight excluding hydrogens is 284 g/mol. The van der Waals surface area contributed by atoms with E-state index in [9.17, 15) is 4.39 Å². The van der Waals surface area contributed by atoms with E-state index in [1.807, 2.05) is 25.1 Å². The van der Waals surface area contributed by atoms with Crippen LogP contribution in [-0.4, -0.2) is 6.54 Å². The Morgan fingerprint density at radius 3 is 2.53 bits per heavy atom. The molecule has 0 bridgehead atoms. The van der Waals surface area contributed by atoms with Crippen LogP contribution in [0, 0.1) is 5.82 Å². The summed E-state index contributed by atoms with van der Waals surface area (Å²) < 4.78 is 13.3. The SMILES string of the molecule is CCNCc1ccc(-c2cc(F)ccc2Cl)cc1Cl. The molecule has 0 unspecified atom stereocenters. The first kappa shape index (κ1) is 14.3. The molecule has 0 radical (unpaired) electrons. The third-order valence-corrected chi connectivity index (χ3v) is 3.54. The zero-order valence-electron chi connectivity index (χ0n) is 10.5. The van der Waals surface area contributed by atoms with E-state index in [0.717, 1.165) is 17.7 Å². The molecular formula is C15H14Cl2FN. The topological polar surface area (TPSA) is 12.0 Å². The fourth-order valence-corrected chi connectivity index (χ4v) is 2.31. The van der Waals surface area contributed by atoms with E-state index >= 15 is 0 Å². The Morgan fingerprint density at radius 1 is 1.05 bits per heavy atom. The lowest BCUT2D eigenvalue weighted by Crippen LogP contribution is -2.11. The van der Waals surface area contributed by atoms with E-state index in [-0.39, 0.29) is 5.82 Å². The van der Waals surface area contributed by atoms with Gasteiger partial charge in [-0.1, -0.05) is 42.3 Å². The highest BCUT2D eigenvalue weighted by Gasteiger charge is 2.08. The first-order valence-electron chi connectivity index (χ1n) is 6.06. The van der Waals surface area contributed by atoms with Gasteiger partial charge < -0.3 is 5.32 Å². The summed E-state index contributed by atoms with van der Waals surface area (Å²) >= 11 is 12.3. The Morgan fingerprint density at radius 2 is 1.84 bits per heavy atom. The molecule has 0 aliphatic rings. The van der Waals surface area contributed by atoms with E-state index in [2.05, 4.69) is 5.32 Å². The molecule has 0 aromatic heterocycles. The van der Waals surface area contributed by atoms with Gasteiger partial charge in [0.1, 0.15) is 5.82 Å². The Balaban J connectivity index is 2.36. The van der Waals surface area contributed by atoms with Crippen molar-refractivity contribution in [1.29, 1.82) is 0 Å². The molecule has 0 aliphatic carbocycles. The van der Waals surface area contributed by atoms with Crippen LogP contribution >= 0.6 is 23.2 Å². The largest absolute Gasteiger partial charge is 0.313 e. The third kappa shape index (κ3) is 3.47. The summed E-state index contributed by atoms with van der Waals surface area (Å²) in [6, 6.07) is 9.95. The maximum absolute atomic E-state index is 13.3. The molecule has 0 amide bonds. The number of halogens is 3. The molecule has 0 aliphatic heterocycles. The van der Waals surface area contributed by atoms with Crippen molar-refractivity contribution in [2.45, 2.75) is 13.5 Å². The number of hydrogen-bond donors (Lipinski definition) is 1. The van der Waals surface area contributed by atoms with Crippen molar-refractivity contribution in [2.75, 3.05) is 6.54 Å². The van der Waals surface area contributed by atoms with Crippen molar-refractivity contribution in [1.82, 2.24) is 5.32 Å². The van der Waals surface area contributed by atoms with E-state index in [1.165, 1.54) is 12.1 Å². The molecule has 1 N–H and O–H groups in total. The zero-order chi connectivity index (χ0) is 13.8. The second kappa shape index (κ2) is 6.38. The van der Waals surface area contributed by atoms with Gasteiger partial charge in [-0.05, 0) is 41.9 Å². The van der Waals surface area contributed by atoms with Gasteiger partial charge in [-0.25, -0.2) is 4.39 Å². The number of hydrogen-bond acceptors (Lipinski definition) is 1. The predicted octanol–water partition coefficient (Wildman–Crippen LogP) is 4.91. The normalized spacial score (nSPS) is 10.7. The van der Waals surface area contributed by atoms with Crippen molar-refractivity contribution in [3.63, 3.8) is 0 Å². The first-order chi connectivity index (χ1) is 9.11. The Hall–Kier alpha value is -1.09. The Bertz CT molecular complexity index is 584. The molecule has 1 nitrogen and oxygen atoms in total. The molecule has 2 aromatic carbocycles. The smallest absolute Gasteiger partial charge is 0.123 e. The number of rotatable bonds is 4. The highest BCUT2D eigenvalue weighted by atomic mass is 35.5. The first-order valence-corrected chi connectivity index (χ1v) is 6.82. The van der Waals surface area contributed by atoms with Gasteiger partial charge >= 0.3 is 0 Å².